The summed E-state index contributed by atoms with van der Waals surface area (Å²) in [6.07, 6.45) is 1.04. The van der Waals surface area contributed by atoms with E-state index in [4.69, 9.17) is 14.3 Å². The van der Waals surface area contributed by atoms with E-state index in [9.17, 15) is 9.59 Å². The molecule has 2 rings (SSSR count). The van der Waals surface area contributed by atoms with Crippen LogP contribution in [0.15, 0.2) is 41.0 Å². The molecule has 1 aromatic carbocycles. The Bertz CT molecular complexity index is 677. The molecule has 0 fully saturated rings. The maximum atomic E-state index is 12.1. The van der Waals surface area contributed by atoms with Gasteiger partial charge in [-0.05, 0) is 19.9 Å². The number of ether oxygens (including phenoxy) is 1. The molecule has 116 valence electrons. The third-order valence-electron chi connectivity index (χ3n) is 3.10. The largest absolute Gasteiger partial charge is 0.494 e. The Morgan fingerprint density at radius 3 is 2.73 bits per heavy atom. The normalized spacial score (nSPS) is 11.7. The second-order valence-corrected chi connectivity index (χ2v) is 4.67. The predicted molar refractivity (Wildman–Crippen MR) is 79.2 cm³/mol. The summed E-state index contributed by atoms with van der Waals surface area (Å²) in [5, 5.41) is 11.6. The monoisotopic (exact) mass is 303 g/mol. The highest BCUT2D eigenvalue weighted by atomic mass is 16.5. The number of hydrogen-bond acceptors (Lipinski definition) is 4. The fourth-order valence-electron chi connectivity index (χ4n) is 2.04. The van der Waals surface area contributed by atoms with E-state index in [0.29, 0.717) is 12.4 Å². The number of carbonyl (C=O) groups excluding carboxylic acids is 1. The van der Waals surface area contributed by atoms with Gasteiger partial charge in [0.15, 0.2) is 5.76 Å². The van der Waals surface area contributed by atoms with Gasteiger partial charge in [0.05, 0.1) is 18.2 Å². The van der Waals surface area contributed by atoms with Crippen molar-refractivity contribution in [3.8, 4) is 5.75 Å². The number of carboxylic acids is 1. The predicted octanol–water partition coefficient (Wildman–Crippen LogP) is 2.87. The van der Waals surface area contributed by atoms with Crippen LogP contribution in [0.4, 0.5) is 0 Å². The molecule has 0 bridgehead atoms. The van der Waals surface area contributed by atoms with Gasteiger partial charge in [-0.1, -0.05) is 18.2 Å². The van der Waals surface area contributed by atoms with E-state index < -0.39 is 11.9 Å². The lowest BCUT2D eigenvalue weighted by molar-refractivity contribution is 0.0695. The van der Waals surface area contributed by atoms with Crippen molar-refractivity contribution in [2.75, 3.05) is 6.61 Å². The van der Waals surface area contributed by atoms with E-state index in [-0.39, 0.29) is 17.4 Å². The van der Waals surface area contributed by atoms with Crippen molar-refractivity contribution < 1.29 is 23.8 Å². The highest BCUT2D eigenvalue weighted by molar-refractivity contribution is 5.95. The summed E-state index contributed by atoms with van der Waals surface area (Å²) in [4.78, 5) is 22.9. The van der Waals surface area contributed by atoms with Gasteiger partial charge < -0.3 is 19.6 Å². The fraction of sp³-hybridized carbons (Fsp3) is 0.250. The van der Waals surface area contributed by atoms with Crippen LogP contribution in [0, 0.1) is 0 Å². The molecule has 0 aliphatic heterocycles. The van der Waals surface area contributed by atoms with Crippen molar-refractivity contribution in [3.05, 3.63) is 53.5 Å². The molecule has 6 nitrogen and oxygen atoms in total. The summed E-state index contributed by atoms with van der Waals surface area (Å²) in [5.74, 6) is -0.967. The summed E-state index contributed by atoms with van der Waals surface area (Å²) >= 11 is 0. The number of aromatic carboxylic acids is 1. The summed E-state index contributed by atoms with van der Waals surface area (Å²) in [6.45, 7) is 4.23. The van der Waals surface area contributed by atoms with Crippen LogP contribution in [0.3, 0.4) is 0 Å². The Hall–Kier alpha value is -2.76. The molecular formula is C16H17NO5. The molecule has 1 amide bonds. The van der Waals surface area contributed by atoms with Crippen molar-refractivity contribution in [2.45, 2.75) is 19.9 Å². The second-order valence-electron chi connectivity index (χ2n) is 4.67. The van der Waals surface area contributed by atoms with Gasteiger partial charge in [0.1, 0.15) is 12.0 Å². The minimum Gasteiger partial charge on any atom is -0.494 e. The van der Waals surface area contributed by atoms with Gasteiger partial charge in [-0.15, -0.1) is 0 Å². The first kappa shape index (κ1) is 15.6. The molecule has 0 radical (unpaired) electrons. The molecule has 1 unspecified atom stereocenters. The summed E-state index contributed by atoms with van der Waals surface area (Å²) in [5.41, 5.74) is 0.773. The Morgan fingerprint density at radius 1 is 1.36 bits per heavy atom. The first-order valence-electron chi connectivity index (χ1n) is 6.87. The topological polar surface area (TPSA) is 88.8 Å². The lowest BCUT2D eigenvalue weighted by Gasteiger charge is -2.17. The molecule has 1 atom stereocenters. The Kier molecular flexibility index (Phi) is 4.83. The lowest BCUT2D eigenvalue weighted by atomic mass is 10.1. The number of nitrogens with one attached hydrogen (secondary N) is 1. The zero-order chi connectivity index (χ0) is 16.1. The van der Waals surface area contributed by atoms with Gasteiger partial charge in [0, 0.05) is 11.6 Å². The van der Waals surface area contributed by atoms with E-state index >= 15 is 0 Å². The van der Waals surface area contributed by atoms with E-state index in [0.717, 1.165) is 11.8 Å². The van der Waals surface area contributed by atoms with Crippen molar-refractivity contribution in [2.24, 2.45) is 0 Å². The first-order valence-corrected chi connectivity index (χ1v) is 6.87. The number of benzene rings is 1. The SMILES string of the molecule is CCOc1ccccc1C(C)NC(=O)c1cc(C(=O)O)co1. The van der Waals surface area contributed by atoms with Crippen LogP contribution < -0.4 is 10.1 Å². The van der Waals surface area contributed by atoms with Crippen LogP contribution in [-0.2, 0) is 0 Å². The smallest absolute Gasteiger partial charge is 0.338 e. The van der Waals surface area contributed by atoms with Crippen LogP contribution in [0.5, 0.6) is 5.75 Å². The van der Waals surface area contributed by atoms with Crippen molar-refractivity contribution in [1.29, 1.82) is 0 Å². The van der Waals surface area contributed by atoms with Crippen LogP contribution in [0.25, 0.3) is 0 Å². The number of carboxylic acid groups (broad SMARTS) is 1. The van der Waals surface area contributed by atoms with Gasteiger partial charge in [0.2, 0.25) is 0 Å². The van der Waals surface area contributed by atoms with E-state index in [1.165, 1.54) is 6.07 Å². The second kappa shape index (κ2) is 6.80. The van der Waals surface area contributed by atoms with E-state index in [2.05, 4.69) is 5.32 Å². The average molecular weight is 303 g/mol. The maximum absolute atomic E-state index is 12.1. The number of hydrogen-bond donors (Lipinski definition) is 2. The minimum absolute atomic E-state index is 0.0434. The molecule has 0 spiro atoms. The van der Waals surface area contributed by atoms with Gasteiger partial charge >= 0.3 is 5.97 Å². The molecule has 1 heterocycles. The molecule has 0 aliphatic rings. The van der Waals surface area contributed by atoms with E-state index in [1.807, 2.05) is 38.1 Å². The molecule has 22 heavy (non-hydrogen) atoms. The van der Waals surface area contributed by atoms with Crippen molar-refractivity contribution >= 4 is 11.9 Å². The molecule has 6 heteroatoms. The zero-order valence-corrected chi connectivity index (χ0v) is 12.3. The molecule has 0 aliphatic carbocycles. The number of carbonyl (C=O) groups is 2. The fourth-order valence-corrected chi connectivity index (χ4v) is 2.04. The summed E-state index contributed by atoms with van der Waals surface area (Å²) in [6, 6.07) is 8.29. The molecule has 2 aromatic rings. The zero-order valence-electron chi connectivity index (χ0n) is 12.3. The molecule has 0 saturated carbocycles. The maximum Gasteiger partial charge on any atom is 0.338 e. The average Bonchev–Trinajstić information content (AvgIpc) is 2.98. The molecule has 2 N–H and O–H groups in total. The van der Waals surface area contributed by atoms with Crippen LogP contribution >= 0.6 is 0 Å². The van der Waals surface area contributed by atoms with Crippen LogP contribution in [0.1, 0.15) is 46.4 Å². The Balaban J connectivity index is 2.12. The van der Waals surface area contributed by atoms with Crippen LogP contribution in [-0.4, -0.2) is 23.6 Å². The number of amides is 1. The van der Waals surface area contributed by atoms with Crippen LogP contribution in [0.2, 0.25) is 0 Å². The van der Waals surface area contributed by atoms with Gasteiger partial charge in [0.25, 0.3) is 5.91 Å². The highest BCUT2D eigenvalue weighted by Crippen LogP contribution is 2.25. The first-order chi connectivity index (χ1) is 10.5. The molecule has 1 aromatic heterocycles. The van der Waals surface area contributed by atoms with Crippen molar-refractivity contribution in [1.82, 2.24) is 5.32 Å². The third-order valence-corrected chi connectivity index (χ3v) is 3.10. The molecule has 0 saturated heterocycles. The molecular weight excluding hydrogens is 286 g/mol. The number of furan rings is 1. The van der Waals surface area contributed by atoms with Gasteiger partial charge in [-0.25, -0.2) is 4.79 Å². The Morgan fingerprint density at radius 2 is 2.09 bits per heavy atom. The minimum atomic E-state index is -1.14. The number of rotatable bonds is 6. The summed E-state index contributed by atoms with van der Waals surface area (Å²) in [7, 11) is 0. The number of para-hydroxylation sites is 1. The van der Waals surface area contributed by atoms with Gasteiger partial charge in [-0.2, -0.15) is 0 Å². The highest BCUT2D eigenvalue weighted by Gasteiger charge is 2.18. The van der Waals surface area contributed by atoms with Gasteiger partial charge in [-0.3, -0.25) is 4.79 Å². The lowest BCUT2D eigenvalue weighted by Crippen LogP contribution is -2.26. The third kappa shape index (κ3) is 3.46. The van der Waals surface area contributed by atoms with Crippen molar-refractivity contribution in [3.63, 3.8) is 0 Å². The quantitative estimate of drug-likeness (QED) is 0.856. The Labute approximate surface area is 127 Å². The standard InChI is InChI=1S/C16H17NO5/c1-3-21-13-7-5-4-6-12(13)10(2)17-15(18)14-8-11(9-22-14)16(19)20/h4-10H,3H2,1-2H3,(H,17,18)(H,19,20). The van der Waals surface area contributed by atoms with E-state index in [1.54, 1.807) is 0 Å². The summed E-state index contributed by atoms with van der Waals surface area (Å²) < 4.78 is 10.5.